The Hall–Kier alpha value is -0.130. The second-order valence-electron chi connectivity index (χ2n) is 3.12. The van der Waals surface area contributed by atoms with Crippen LogP contribution in [0.5, 0.6) is 0 Å². The van der Waals surface area contributed by atoms with E-state index in [-0.39, 0.29) is 39.6 Å². The van der Waals surface area contributed by atoms with Crippen molar-refractivity contribution in [2.75, 3.05) is 61.0 Å². The zero-order valence-electron chi connectivity index (χ0n) is 11.8. The maximum Gasteiger partial charge on any atom is 0.556 e. The molecule has 0 bridgehead atoms. The van der Waals surface area contributed by atoms with Gasteiger partial charge in [-0.15, -0.1) is 14.0 Å². The van der Waals surface area contributed by atoms with E-state index in [0.717, 1.165) is 0 Å². The van der Waals surface area contributed by atoms with E-state index >= 15 is 0 Å². The van der Waals surface area contributed by atoms with E-state index in [1.807, 2.05) is 0 Å². The maximum atomic E-state index is 11.9. The molecule has 122 valence electrons. The van der Waals surface area contributed by atoms with Crippen molar-refractivity contribution < 1.29 is 47.5 Å². The third kappa shape index (κ3) is 11.7. The lowest BCUT2D eigenvalue weighted by atomic mass is 10.8. The first kappa shape index (κ1) is 19.9. The molecule has 11 heteroatoms. The molecule has 0 saturated heterocycles. The van der Waals surface area contributed by atoms with Crippen LogP contribution in [0.15, 0.2) is 0 Å². The summed E-state index contributed by atoms with van der Waals surface area (Å²) < 4.78 is 39.5. The van der Waals surface area contributed by atoms with Gasteiger partial charge in [0.1, 0.15) is 19.8 Å². The van der Waals surface area contributed by atoms with Crippen LogP contribution in [0.4, 0.5) is 0 Å². The molecule has 20 heavy (non-hydrogen) atoms. The normalized spacial score (nSPS) is 11.9. The largest absolute Gasteiger partial charge is 0.556 e. The predicted molar refractivity (Wildman–Crippen MR) is 64.3 cm³/mol. The van der Waals surface area contributed by atoms with Crippen molar-refractivity contribution in [1.82, 2.24) is 0 Å². The zero-order chi connectivity index (χ0) is 15.1. The van der Waals surface area contributed by atoms with Crippen molar-refractivity contribution in [3.8, 4) is 0 Å². The average Bonchev–Trinajstić information content (AvgIpc) is 2.45. The molecule has 0 amide bonds. The SMILES string of the molecule is COCCOOP(=O)(OOCCOC)OOCCOC. The van der Waals surface area contributed by atoms with Crippen LogP contribution < -0.4 is 0 Å². The van der Waals surface area contributed by atoms with E-state index in [9.17, 15) is 4.57 Å². The highest BCUT2D eigenvalue weighted by Crippen LogP contribution is 2.50. The minimum Gasteiger partial charge on any atom is -0.382 e. The van der Waals surface area contributed by atoms with Crippen LogP contribution in [0.1, 0.15) is 0 Å². The van der Waals surface area contributed by atoms with E-state index < -0.39 is 7.82 Å². The molecule has 0 unspecified atom stereocenters. The monoisotopic (exact) mass is 320 g/mol. The molecule has 0 saturated carbocycles. The molecular weight excluding hydrogens is 299 g/mol. The van der Waals surface area contributed by atoms with Gasteiger partial charge in [-0.3, -0.25) is 0 Å². The summed E-state index contributed by atoms with van der Waals surface area (Å²) in [6, 6.07) is 0. The van der Waals surface area contributed by atoms with Crippen LogP contribution in [-0.2, 0) is 47.5 Å². The Morgan fingerprint density at radius 3 is 1.15 bits per heavy atom. The molecule has 0 N–H and O–H groups in total. The molecule has 0 rings (SSSR count). The van der Waals surface area contributed by atoms with Crippen molar-refractivity contribution in [1.29, 1.82) is 0 Å². The van der Waals surface area contributed by atoms with E-state index in [1.165, 1.54) is 21.3 Å². The first-order valence-electron chi connectivity index (χ1n) is 5.69. The van der Waals surface area contributed by atoms with Crippen molar-refractivity contribution in [2.45, 2.75) is 0 Å². The highest BCUT2D eigenvalue weighted by atomic mass is 31.2. The Bertz CT molecular complexity index is 213. The lowest BCUT2D eigenvalue weighted by Crippen LogP contribution is -2.09. The molecular formula is C9H21O10P. The van der Waals surface area contributed by atoms with Crippen molar-refractivity contribution in [3.05, 3.63) is 0 Å². The third-order valence-electron chi connectivity index (χ3n) is 1.54. The summed E-state index contributed by atoms with van der Waals surface area (Å²) >= 11 is 0. The summed E-state index contributed by atoms with van der Waals surface area (Å²) in [5.74, 6) is 0. The Morgan fingerprint density at radius 2 is 0.900 bits per heavy atom. The molecule has 0 heterocycles. The summed E-state index contributed by atoms with van der Waals surface area (Å²) in [4.78, 5) is 13.8. The number of methoxy groups -OCH3 is 3. The average molecular weight is 320 g/mol. The van der Waals surface area contributed by atoms with Gasteiger partial charge in [0.15, 0.2) is 0 Å². The van der Waals surface area contributed by atoms with E-state index in [4.69, 9.17) is 14.2 Å². The summed E-state index contributed by atoms with van der Waals surface area (Å²) in [5, 5.41) is 0. The second-order valence-corrected chi connectivity index (χ2v) is 4.46. The molecule has 0 aliphatic heterocycles. The molecule has 0 radical (unpaired) electrons. The van der Waals surface area contributed by atoms with E-state index in [0.29, 0.717) is 0 Å². The number of phosphoric acid groups is 1. The second kappa shape index (κ2) is 13.8. The standard InChI is InChI=1S/C9H21O10P/c1-11-4-7-14-17-20(10,18-15-8-5-12-2)19-16-9-6-13-3/h4-9H2,1-3H3. The first-order chi connectivity index (χ1) is 9.68. The molecule has 0 aliphatic rings. The Balaban J connectivity index is 4.02. The molecule has 0 aromatic carbocycles. The fraction of sp³-hybridized carbons (Fsp3) is 1.00. The third-order valence-corrected chi connectivity index (χ3v) is 2.41. The van der Waals surface area contributed by atoms with Gasteiger partial charge in [-0.1, -0.05) is 0 Å². The number of rotatable bonds is 15. The summed E-state index contributed by atoms with van der Waals surface area (Å²) in [6.45, 7) is 0.745. The van der Waals surface area contributed by atoms with Gasteiger partial charge in [-0.25, -0.2) is 19.2 Å². The van der Waals surface area contributed by atoms with Gasteiger partial charge in [-0.05, 0) is 0 Å². The maximum absolute atomic E-state index is 11.9. The molecule has 0 aliphatic carbocycles. The van der Waals surface area contributed by atoms with E-state index in [1.54, 1.807) is 0 Å². The Labute approximate surface area is 117 Å². The highest BCUT2D eigenvalue weighted by molar-refractivity contribution is 7.48. The Kier molecular flexibility index (Phi) is 13.7. The van der Waals surface area contributed by atoms with Gasteiger partial charge in [0.25, 0.3) is 0 Å². The number of hydrogen-bond donors (Lipinski definition) is 0. The van der Waals surface area contributed by atoms with Crippen LogP contribution in [0.25, 0.3) is 0 Å². The molecule has 0 aromatic heterocycles. The van der Waals surface area contributed by atoms with E-state index in [2.05, 4.69) is 28.7 Å². The Morgan fingerprint density at radius 1 is 0.600 bits per heavy atom. The molecule has 0 fully saturated rings. The van der Waals surface area contributed by atoms with Gasteiger partial charge in [0.05, 0.1) is 19.8 Å². The predicted octanol–water partition coefficient (Wildman–Crippen LogP) is 0.878. The fourth-order valence-corrected chi connectivity index (χ4v) is 1.38. The lowest BCUT2D eigenvalue weighted by molar-refractivity contribution is -0.328. The molecule has 10 nitrogen and oxygen atoms in total. The topological polar surface area (TPSA) is 100 Å². The molecule has 0 aromatic rings. The van der Waals surface area contributed by atoms with Crippen molar-refractivity contribution in [2.24, 2.45) is 0 Å². The number of hydrogen-bond acceptors (Lipinski definition) is 10. The molecule has 0 atom stereocenters. The lowest BCUT2D eigenvalue weighted by Gasteiger charge is -2.14. The van der Waals surface area contributed by atoms with Crippen molar-refractivity contribution >= 4 is 7.82 Å². The van der Waals surface area contributed by atoms with Crippen molar-refractivity contribution in [3.63, 3.8) is 0 Å². The summed E-state index contributed by atoms with van der Waals surface area (Å²) in [5.41, 5.74) is 0. The quantitative estimate of drug-likeness (QED) is 0.187. The summed E-state index contributed by atoms with van der Waals surface area (Å²) in [7, 11) is 0.236. The van der Waals surface area contributed by atoms with Gasteiger partial charge in [0, 0.05) is 21.3 Å². The fourth-order valence-electron chi connectivity index (χ4n) is 0.695. The smallest absolute Gasteiger partial charge is 0.382 e. The summed E-state index contributed by atoms with van der Waals surface area (Å²) in [6.07, 6.45) is 0. The minimum absolute atomic E-state index is 0.0172. The highest BCUT2D eigenvalue weighted by Gasteiger charge is 2.32. The molecule has 0 spiro atoms. The minimum atomic E-state index is -4.17. The first-order valence-corrected chi connectivity index (χ1v) is 7.15. The van der Waals surface area contributed by atoms with Gasteiger partial charge in [-0.2, -0.15) is 0 Å². The van der Waals surface area contributed by atoms with Gasteiger partial charge < -0.3 is 14.2 Å². The van der Waals surface area contributed by atoms with Gasteiger partial charge >= 0.3 is 7.82 Å². The van der Waals surface area contributed by atoms with Crippen LogP contribution in [0, 0.1) is 0 Å². The zero-order valence-corrected chi connectivity index (χ0v) is 12.7. The number of ether oxygens (including phenoxy) is 3. The van der Waals surface area contributed by atoms with Crippen LogP contribution in [-0.4, -0.2) is 61.0 Å². The van der Waals surface area contributed by atoms with Gasteiger partial charge in [0.2, 0.25) is 0 Å². The van der Waals surface area contributed by atoms with Crippen LogP contribution in [0.3, 0.4) is 0 Å². The van der Waals surface area contributed by atoms with Crippen LogP contribution >= 0.6 is 7.82 Å². The van der Waals surface area contributed by atoms with Crippen LogP contribution in [0.2, 0.25) is 0 Å².